The molecule has 0 aliphatic rings. The summed E-state index contributed by atoms with van der Waals surface area (Å²) < 4.78 is 2.56. The van der Waals surface area contributed by atoms with Crippen LogP contribution >= 0.6 is 15.9 Å². The molecule has 90 valence electrons. The van der Waals surface area contributed by atoms with Gasteiger partial charge < -0.3 is 15.6 Å². The first-order valence-electron chi connectivity index (χ1n) is 5.01. The van der Waals surface area contributed by atoms with Gasteiger partial charge in [0.25, 0.3) is 0 Å². The van der Waals surface area contributed by atoms with Crippen LogP contribution in [0.4, 0.5) is 11.6 Å². The second kappa shape index (κ2) is 5.09. The average Bonchev–Trinajstić information content (AvgIpc) is 2.71. The monoisotopic (exact) mass is 297 g/mol. The Morgan fingerprint density at radius 1 is 1.47 bits per heavy atom. The quantitative estimate of drug-likeness (QED) is 0.858. The lowest BCUT2D eigenvalue weighted by Gasteiger charge is -2.07. The zero-order valence-electron chi connectivity index (χ0n) is 9.26. The molecule has 3 N–H and O–H groups in total. The number of hydrogen-bond donors (Lipinski definition) is 2. The van der Waals surface area contributed by atoms with Crippen LogP contribution in [0.15, 0.2) is 17.1 Å². The van der Waals surface area contributed by atoms with Crippen molar-refractivity contribution in [2.75, 3.05) is 17.6 Å². The van der Waals surface area contributed by atoms with Crippen LogP contribution in [-0.2, 0) is 13.5 Å². The molecule has 2 aromatic rings. The van der Waals surface area contributed by atoms with Crippen LogP contribution in [-0.4, -0.2) is 31.3 Å². The molecule has 0 saturated heterocycles. The first-order chi connectivity index (χ1) is 8.18. The standard InChI is InChI=1S/C9H12BrN7/c1-17-5-15-16-6(17)2-3-12-9-7(10)8(11)13-4-14-9/h4-5H,2-3H2,1H3,(H3,11,12,13,14). The van der Waals surface area contributed by atoms with Crippen molar-refractivity contribution in [3.63, 3.8) is 0 Å². The third kappa shape index (κ3) is 2.70. The van der Waals surface area contributed by atoms with Crippen LogP contribution < -0.4 is 11.1 Å². The van der Waals surface area contributed by atoms with Crippen molar-refractivity contribution >= 4 is 27.6 Å². The lowest BCUT2D eigenvalue weighted by Crippen LogP contribution is -2.10. The number of nitrogens with zero attached hydrogens (tertiary/aromatic N) is 5. The SMILES string of the molecule is Cn1cnnc1CCNc1ncnc(N)c1Br. The van der Waals surface area contributed by atoms with Gasteiger partial charge in [-0.05, 0) is 15.9 Å². The Hall–Kier alpha value is -1.70. The highest BCUT2D eigenvalue weighted by atomic mass is 79.9. The summed E-state index contributed by atoms with van der Waals surface area (Å²) in [5.74, 6) is 2.01. The van der Waals surface area contributed by atoms with E-state index >= 15 is 0 Å². The van der Waals surface area contributed by atoms with Gasteiger partial charge in [-0.1, -0.05) is 0 Å². The highest BCUT2D eigenvalue weighted by molar-refractivity contribution is 9.10. The average molecular weight is 298 g/mol. The molecule has 0 radical (unpaired) electrons. The van der Waals surface area contributed by atoms with E-state index in [2.05, 4.69) is 41.4 Å². The van der Waals surface area contributed by atoms with Crippen molar-refractivity contribution in [2.24, 2.45) is 7.05 Å². The van der Waals surface area contributed by atoms with Crippen molar-refractivity contribution in [2.45, 2.75) is 6.42 Å². The van der Waals surface area contributed by atoms with Crippen LogP contribution in [0.3, 0.4) is 0 Å². The van der Waals surface area contributed by atoms with Crippen molar-refractivity contribution in [3.05, 3.63) is 23.0 Å². The minimum absolute atomic E-state index is 0.418. The lowest BCUT2D eigenvalue weighted by molar-refractivity contribution is 0.787. The Kier molecular flexibility index (Phi) is 3.52. The Bertz CT molecular complexity index is 510. The molecule has 2 heterocycles. The zero-order valence-corrected chi connectivity index (χ0v) is 10.8. The fraction of sp³-hybridized carbons (Fsp3) is 0.333. The van der Waals surface area contributed by atoms with Gasteiger partial charge in [0.2, 0.25) is 0 Å². The van der Waals surface area contributed by atoms with Gasteiger partial charge in [0, 0.05) is 20.0 Å². The van der Waals surface area contributed by atoms with Crippen molar-refractivity contribution in [1.29, 1.82) is 0 Å². The fourth-order valence-electron chi connectivity index (χ4n) is 1.33. The van der Waals surface area contributed by atoms with E-state index in [4.69, 9.17) is 5.73 Å². The summed E-state index contributed by atoms with van der Waals surface area (Å²) in [6.45, 7) is 0.696. The van der Waals surface area contributed by atoms with Crippen LogP contribution in [0.25, 0.3) is 0 Å². The number of rotatable bonds is 4. The van der Waals surface area contributed by atoms with E-state index in [1.165, 1.54) is 6.33 Å². The number of aryl methyl sites for hydroxylation is 1. The Morgan fingerprint density at radius 3 is 3.00 bits per heavy atom. The minimum Gasteiger partial charge on any atom is -0.383 e. The van der Waals surface area contributed by atoms with Crippen LogP contribution in [0, 0.1) is 0 Å². The number of anilines is 2. The topological polar surface area (TPSA) is 94.5 Å². The largest absolute Gasteiger partial charge is 0.383 e. The van der Waals surface area contributed by atoms with Crippen LogP contribution in [0.1, 0.15) is 5.82 Å². The molecular weight excluding hydrogens is 286 g/mol. The lowest BCUT2D eigenvalue weighted by atomic mass is 10.4. The molecule has 0 aliphatic carbocycles. The van der Waals surface area contributed by atoms with E-state index in [-0.39, 0.29) is 0 Å². The summed E-state index contributed by atoms with van der Waals surface area (Å²) in [4.78, 5) is 7.95. The molecule has 7 nitrogen and oxygen atoms in total. The summed E-state index contributed by atoms with van der Waals surface area (Å²) in [6.07, 6.45) is 3.85. The first kappa shape index (κ1) is 11.8. The van der Waals surface area contributed by atoms with Gasteiger partial charge in [-0.15, -0.1) is 10.2 Å². The fourth-order valence-corrected chi connectivity index (χ4v) is 1.68. The molecule has 0 fully saturated rings. The predicted molar refractivity (Wildman–Crippen MR) is 67.3 cm³/mol. The summed E-state index contributed by atoms with van der Waals surface area (Å²) in [5.41, 5.74) is 5.65. The second-order valence-electron chi connectivity index (χ2n) is 3.46. The summed E-state index contributed by atoms with van der Waals surface area (Å²) in [7, 11) is 1.91. The molecule has 2 aromatic heterocycles. The normalized spacial score (nSPS) is 10.5. The first-order valence-corrected chi connectivity index (χ1v) is 5.80. The van der Waals surface area contributed by atoms with Gasteiger partial charge in [-0.3, -0.25) is 0 Å². The Labute approximate surface area is 107 Å². The Morgan fingerprint density at radius 2 is 2.29 bits per heavy atom. The summed E-state index contributed by atoms with van der Waals surface area (Å²) >= 11 is 3.33. The summed E-state index contributed by atoms with van der Waals surface area (Å²) in [6, 6.07) is 0. The van der Waals surface area contributed by atoms with E-state index in [9.17, 15) is 0 Å². The van der Waals surface area contributed by atoms with Gasteiger partial charge in [0.05, 0.1) is 0 Å². The molecule has 0 spiro atoms. The highest BCUT2D eigenvalue weighted by Gasteiger charge is 2.06. The Balaban J connectivity index is 1.95. The maximum Gasteiger partial charge on any atom is 0.145 e. The molecule has 0 aromatic carbocycles. The number of halogens is 1. The molecule has 2 rings (SSSR count). The van der Waals surface area contributed by atoms with Crippen molar-refractivity contribution in [1.82, 2.24) is 24.7 Å². The maximum absolute atomic E-state index is 5.65. The molecule has 0 amide bonds. The van der Waals surface area contributed by atoms with Gasteiger partial charge in [0.1, 0.15) is 34.6 Å². The van der Waals surface area contributed by atoms with E-state index in [1.54, 1.807) is 6.33 Å². The highest BCUT2D eigenvalue weighted by Crippen LogP contribution is 2.23. The summed E-state index contributed by atoms with van der Waals surface area (Å²) in [5, 5.41) is 11.0. The van der Waals surface area contributed by atoms with E-state index in [0.29, 0.717) is 22.7 Å². The van der Waals surface area contributed by atoms with Gasteiger partial charge in [0.15, 0.2) is 0 Å². The van der Waals surface area contributed by atoms with Crippen molar-refractivity contribution in [3.8, 4) is 0 Å². The number of hydrogen-bond acceptors (Lipinski definition) is 6. The van der Waals surface area contributed by atoms with Gasteiger partial charge >= 0.3 is 0 Å². The van der Waals surface area contributed by atoms with E-state index in [0.717, 1.165) is 12.2 Å². The van der Waals surface area contributed by atoms with Crippen LogP contribution in [0.5, 0.6) is 0 Å². The molecule has 17 heavy (non-hydrogen) atoms. The third-order valence-corrected chi connectivity index (χ3v) is 3.04. The van der Waals surface area contributed by atoms with E-state index in [1.807, 2.05) is 11.6 Å². The number of nitrogens with one attached hydrogen (secondary N) is 1. The third-order valence-electron chi connectivity index (χ3n) is 2.26. The number of nitrogen functional groups attached to an aromatic ring is 1. The van der Waals surface area contributed by atoms with Gasteiger partial charge in [-0.25, -0.2) is 9.97 Å². The van der Waals surface area contributed by atoms with Crippen LogP contribution in [0.2, 0.25) is 0 Å². The molecule has 0 aliphatic heterocycles. The second-order valence-corrected chi connectivity index (χ2v) is 4.25. The number of nitrogens with two attached hydrogens (primary N) is 1. The smallest absolute Gasteiger partial charge is 0.145 e. The molecular formula is C9H12BrN7. The molecule has 0 saturated carbocycles. The molecule has 8 heteroatoms. The number of aromatic nitrogens is 5. The minimum atomic E-state index is 0.418. The maximum atomic E-state index is 5.65. The molecule has 0 atom stereocenters. The predicted octanol–water partition coefficient (Wildman–Crippen LogP) is 0.604. The zero-order chi connectivity index (χ0) is 12.3. The van der Waals surface area contributed by atoms with Gasteiger partial charge in [-0.2, -0.15) is 0 Å². The molecule has 0 bridgehead atoms. The van der Waals surface area contributed by atoms with Crippen molar-refractivity contribution < 1.29 is 0 Å². The van der Waals surface area contributed by atoms with E-state index < -0.39 is 0 Å². The molecule has 0 unspecified atom stereocenters.